The summed E-state index contributed by atoms with van der Waals surface area (Å²) in [7, 11) is 0. The fourth-order valence-electron chi connectivity index (χ4n) is 2.05. The molecule has 3 heterocycles. The van der Waals surface area contributed by atoms with Crippen LogP contribution in [0.1, 0.15) is 34.1 Å². The SMILES string of the molecule is CCCn1cc(C(=O)Nc2nc(-c3cc(C(N)=O)co3)cs2)cn1. The van der Waals surface area contributed by atoms with Gasteiger partial charge in [0.1, 0.15) is 12.0 Å². The number of furan rings is 1. The summed E-state index contributed by atoms with van der Waals surface area (Å²) < 4.78 is 6.98. The van der Waals surface area contributed by atoms with Crippen LogP contribution in [-0.4, -0.2) is 26.6 Å². The summed E-state index contributed by atoms with van der Waals surface area (Å²) in [5, 5.41) is 8.98. The lowest BCUT2D eigenvalue weighted by molar-refractivity contribution is 0.0997. The lowest BCUT2D eigenvalue weighted by Crippen LogP contribution is -2.10. The van der Waals surface area contributed by atoms with Crippen molar-refractivity contribution in [3.05, 3.63) is 41.2 Å². The molecule has 0 fully saturated rings. The van der Waals surface area contributed by atoms with E-state index in [0.717, 1.165) is 13.0 Å². The first kappa shape index (κ1) is 15.9. The zero-order chi connectivity index (χ0) is 17.1. The molecule has 0 aliphatic rings. The van der Waals surface area contributed by atoms with E-state index < -0.39 is 5.91 Å². The van der Waals surface area contributed by atoms with Crippen molar-refractivity contribution in [2.24, 2.45) is 5.73 Å². The Morgan fingerprint density at radius 3 is 2.96 bits per heavy atom. The van der Waals surface area contributed by atoms with E-state index in [1.54, 1.807) is 16.3 Å². The molecule has 0 bridgehead atoms. The number of hydrogen-bond acceptors (Lipinski definition) is 6. The van der Waals surface area contributed by atoms with E-state index in [2.05, 4.69) is 15.4 Å². The van der Waals surface area contributed by atoms with Crippen molar-refractivity contribution in [3.8, 4) is 11.5 Å². The number of nitrogens with two attached hydrogens (primary N) is 1. The van der Waals surface area contributed by atoms with E-state index >= 15 is 0 Å². The Morgan fingerprint density at radius 2 is 2.25 bits per heavy atom. The van der Waals surface area contributed by atoms with Gasteiger partial charge in [-0.25, -0.2) is 4.98 Å². The van der Waals surface area contributed by atoms with E-state index in [0.29, 0.717) is 22.1 Å². The van der Waals surface area contributed by atoms with Gasteiger partial charge in [-0.3, -0.25) is 19.6 Å². The molecule has 124 valence electrons. The second-order valence-corrected chi connectivity index (χ2v) is 5.91. The molecule has 0 spiro atoms. The third-order valence-corrected chi connectivity index (χ3v) is 3.97. The van der Waals surface area contributed by atoms with Gasteiger partial charge in [0.15, 0.2) is 10.9 Å². The molecule has 0 aliphatic carbocycles. The van der Waals surface area contributed by atoms with Crippen LogP contribution in [0.15, 0.2) is 34.5 Å². The number of nitrogens with zero attached hydrogens (tertiary/aromatic N) is 3. The van der Waals surface area contributed by atoms with Gasteiger partial charge in [0.2, 0.25) is 0 Å². The molecule has 24 heavy (non-hydrogen) atoms. The minimum absolute atomic E-state index is 0.270. The Labute approximate surface area is 141 Å². The fraction of sp³-hybridized carbons (Fsp3) is 0.200. The van der Waals surface area contributed by atoms with Crippen LogP contribution in [0.2, 0.25) is 0 Å². The molecule has 8 nitrogen and oxygen atoms in total. The number of rotatable bonds is 6. The van der Waals surface area contributed by atoms with Crippen LogP contribution in [0, 0.1) is 0 Å². The Bertz CT molecular complexity index is 879. The number of carbonyl (C=O) groups excluding carboxylic acids is 2. The minimum Gasteiger partial charge on any atom is -0.462 e. The Balaban J connectivity index is 1.70. The molecule has 0 aromatic carbocycles. The number of anilines is 1. The average Bonchev–Trinajstić information content (AvgIpc) is 3.27. The van der Waals surface area contributed by atoms with Gasteiger partial charge < -0.3 is 10.2 Å². The highest BCUT2D eigenvalue weighted by molar-refractivity contribution is 7.14. The molecule has 3 aromatic heterocycles. The molecule has 3 rings (SSSR count). The average molecular weight is 345 g/mol. The summed E-state index contributed by atoms with van der Waals surface area (Å²) in [5.74, 6) is -0.440. The van der Waals surface area contributed by atoms with Crippen LogP contribution in [0.3, 0.4) is 0 Å². The third-order valence-electron chi connectivity index (χ3n) is 3.21. The normalized spacial score (nSPS) is 10.7. The molecular formula is C15H15N5O3S. The molecular weight excluding hydrogens is 330 g/mol. The van der Waals surface area contributed by atoms with Crippen LogP contribution in [0.4, 0.5) is 5.13 Å². The van der Waals surface area contributed by atoms with Gasteiger partial charge in [-0.05, 0) is 12.5 Å². The van der Waals surface area contributed by atoms with Crippen LogP contribution >= 0.6 is 11.3 Å². The summed E-state index contributed by atoms with van der Waals surface area (Å²) in [4.78, 5) is 27.5. The molecule has 0 unspecified atom stereocenters. The Kier molecular flexibility index (Phi) is 4.43. The molecule has 3 N–H and O–H groups in total. The minimum atomic E-state index is -0.571. The molecule has 0 atom stereocenters. The highest BCUT2D eigenvalue weighted by Gasteiger charge is 2.14. The molecule has 0 aliphatic heterocycles. The zero-order valence-corrected chi connectivity index (χ0v) is 13.7. The standard InChI is InChI=1S/C15H15N5O3S/c1-2-3-20-6-10(5-17-20)14(22)19-15-18-11(8-24-15)12-4-9(7-23-12)13(16)21/h4-8H,2-3H2,1H3,(H2,16,21)(H,18,19,22). The summed E-state index contributed by atoms with van der Waals surface area (Å²) in [6.07, 6.45) is 5.43. The van der Waals surface area contributed by atoms with Crippen LogP contribution < -0.4 is 11.1 Å². The zero-order valence-electron chi connectivity index (χ0n) is 12.9. The van der Waals surface area contributed by atoms with Crippen molar-refractivity contribution >= 4 is 28.3 Å². The third kappa shape index (κ3) is 3.35. The van der Waals surface area contributed by atoms with Gasteiger partial charge in [0.05, 0.1) is 17.3 Å². The maximum Gasteiger partial charge on any atom is 0.260 e. The molecule has 2 amide bonds. The van der Waals surface area contributed by atoms with Crippen molar-refractivity contribution in [1.29, 1.82) is 0 Å². The van der Waals surface area contributed by atoms with Gasteiger partial charge in [-0.2, -0.15) is 5.10 Å². The lowest BCUT2D eigenvalue weighted by atomic mass is 10.3. The Hall–Kier alpha value is -2.94. The Morgan fingerprint density at radius 1 is 1.42 bits per heavy atom. The first-order valence-electron chi connectivity index (χ1n) is 7.25. The van der Waals surface area contributed by atoms with Crippen molar-refractivity contribution in [2.45, 2.75) is 19.9 Å². The fourth-order valence-corrected chi connectivity index (χ4v) is 2.74. The van der Waals surface area contributed by atoms with Gasteiger partial charge >= 0.3 is 0 Å². The number of carbonyl (C=O) groups is 2. The van der Waals surface area contributed by atoms with Gasteiger partial charge in [0.25, 0.3) is 11.8 Å². The molecule has 3 aromatic rings. The summed E-state index contributed by atoms with van der Waals surface area (Å²) in [5.41, 5.74) is 6.44. The lowest BCUT2D eigenvalue weighted by Gasteiger charge is -1.98. The van der Waals surface area contributed by atoms with Gasteiger partial charge in [0, 0.05) is 18.1 Å². The predicted molar refractivity (Wildman–Crippen MR) is 88.8 cm³/mol. The molecule has 0 saturated heterocycles. The first-order chi connectivity index (χ1) is 11.6. The molecule has 0 saturated carbocycles. The maximum atomic E-state index is 12.2. The van der Waals surface area contributed by atoms with Gasteiger partial charge in [-0.1, -0.05) is 6.92 Å². The number of aromatic nitrogens is 3. The van der Waals surface area contributed by atoms with Crippen LogP contribution in [-0.2, 0) is 6.54 Å². The maximum absolute atomic E-state index is 12.2. The predicted octanol–water partition coefficient (Wildman–Crippen LogP) is 2.36. The number of aryl methyl sites for hydroxylation is 1. The van der Waals surface area contributed by atoms with E-state index in [9.17, 15) is 9.59 Å². The van der Waals surface area contributed by atoms with Crippen molar-refractivity contribution in [1.82, 2.24) is 14.8 Å². The highest BCUT2D eigenvalue weighted by Crippen LogP contribution is 2.26. The van der Waals surface area contributed by atoms with E-state index in [1.807, 2.05) is 6.92 Å². The largest absolute Gasteiger partial charge is 0.462 e. The van der Waals surface area contributed by atoms with Crippen LogP contribution in [0.25, 0.3) is 11.5 Å². The van der Waals surface area contributed by atoms with E-state index in [4.69, 9.17) is 10.2 Å². The summed E-state index contributed by atoms with van der Waals surface area (Å²) in [6.45, 7) is 2.80. The van der Waals surface area contributed by atoms with Crippen molar-refractivity contribution in [3.63, 3.8) is 0 Å². The van der Waals surface area contributed by atoms with Crippen molar-refractivity contribution in [2.75, 3.05) is 5.32 Å². The smallest absolute Gasteiger partial charge is 0.260 e. The van der Waals surface area contributed by atoms with Crippen LogP contribution in [0.5, 0.6) is 0 Å². The number of hydrogen-bond donors (Lipinski definition) is 2. The van der Waals surface area contributed by atoms with Crippen molar-refractivity contribution < 1.29 is 14.0 Å². The summed E-state index contributed by atoms with van der Waals surface area (Å²) >= 11 is 1.26. The second kappa shape index (κ2) is 6.67. The highest BCUT2D eigenvalue weighted by atomic mass is 32.1. The number of primary amides is 1. The molecule has 9 heteroatoms. The van der Waals surface area contributed by atoms with E-state index in [1.165, 1.54) is 29.9 Å². The second-order valence-electron chi connectivity index (χ2n) is 5.05. The number of amides is 2. The summed E-state index contributed by atoms with van der Waals surface area (Å²) in [6, 6.07) is 1.51. The monoisotopic (exact) mass is 345 g/mol. The topological polar surface area (TPSA) is 116 Å². The van der Waals surface area contributed by atoms with Gasteiger partial charge in [-0.15, -0.1) is 11.3 Å². The van der Waals surface area contributed by atoms with E-state index in [-0.39, 0.29) is 11.5 Å². The number of nitrogens with one attached hydrogen (secondary N) is 1. The quantitative estimate of drug-likeness (QED) is 0.711. The number of thiazole rings is 1. The molecule has 0 radical (unpaired) electrons. The first-order valence-corrected chi connectivity index (χ1v) is 8.13.